The van der Waals surface area contributed by atoms with E-state index < -0.39 is 17.7 Å². The van der Waals surface area contributed by atoms with Crippen LogP contribution in [0.1, 0.15) is 5.69 Å². The van der Waals surface area contributed by atoms with E-state index in [2.05, 4.69) is 4.98 Å². The number of benzene rings is 1. The standard InChI is InChI=1S/C10H6F4N2/c11-5-1-2-8-6(3-5)7(15)4-9(16-8)10(12,13)14/h1-4H,(H2,15,16). The number of hydrogen-bond acceptors (Lipinski definition) is 2. The van der Waals surface area contributed by atoms with Gasteiger partial charge in [-0.3, -0.25) is 0 Å². The van der Waals surface area contributed by atoms with E-state index in [9.17, 15) is 17.6 Å². The van der Waals surface area contributed by atoms with Crippen molar-refractivity contribution in [2.45, 2.75) is 6.18 Å². The van der Waals surface area contributed by atoms with Gasteiger partial charge in [-0.15, -0.1) is 0 Å². The Hall–Kier alpha value is -1.85. The first-order valence-corrected chi connectivity index (χ1v) is 4.31. The third-order valence-corrected chi connectivity index (χ3v) is 2.09. The summed E-state index contributed by atoms with van der Waals surface area (Å²) in [6.07, 6.45) is -4.56. The molecule has 2 aromatic rings. The lowest BCUT2D eigenvalue weighted by molar-refractivity contribution is -0.140. The number of rotatable bonds is 0. The van der Waals surface area contributed by atoms with E-state index in [1.165, 1.54) is 0 Å². The third-order valence-electron chi connectivity index (χ3n) is 2.09. The summed E-state index contributed by atoms with van der Waals surface area (Å²) in [6.45, 7) is 0. The second kappa shape index (κ2) is 3.33. The van der Waals surface area contributed by atoms with E-state index in [0.717, 1.165) is 18.2 Å². The van der Waals surface area contributed by atoms with Crippen LogP contribution in [0.5, 0.6) is 0 Å². The van der Waals surface area contributed by atoms with E-state index in [4.69, 9.17) is 5.73 Å². The Morgan fingerprint density at radius 2 is 1.81 bits per heavy atom. The summed E-state index contributed by atoms with van der Waals surface area (Å²) in [7, 11) is 0. The number of anilines is 1. The molecule has 0 aliphatic heterocycles. The Kier molecular flexibility index (Phi) is 2.22. The number of aromatic nitrogens is 1. The fourth-order valence-corrected chi connectivity index (χ4v) is 1.37. The first-order chi connectivity index (χ1) is 7.38. The van der Waals surface area contributed by atoms with E-state index >= 15 is 0 Å². The zero-order valence-electron chi connectivity index (χ0n) is 7.85. The number of alkyl halides is 3. The van der Waals surface area contributed by atoms with Gasteiger partial charge in [-0.05, 0) is 24.3 Å². The number of pyridine rings is 1. The quantitative estimate of drug-likeness (QED) is 0.706. The zero-order chi connectivity index (χ0) is 11.9. The molecule has 0 aliphatic carbocycles. The summed E-state index contributed by atoms with van der Waals surface area (Å²) in [6, 6.07) is 3.95. The highest BCUT2D eigenvalue weighted by molar-refractivity contribution is 5.90. The molecule has 1 aromatic heterocycles. The topological polar surface area (TPSA) is 38.9 Å². The second-order valence-corrected chi connectivity index (χ2v) is 3.26. The lowest BCUT2D eigenvalue weighted by Gasteiger charge is -2.08. The molecule has 0 fully saturated rings. The minimum absolute atomic E-state index is 0.0220. The van der Waals surface area contributed by atoms with Crippen molar-refractivity contribution >= 4 is 16.6 Å². The van der Waals surface area contributed by atoms with Crippen molar-refractivity contribution in [3.8, 4) is 0 Å². The fraction of sp³-hybridized carbons (Fsp3) is 0.100. The normalized spacial score (nSPS) is 12.0. The molecular formula is C10H6F4N2. The first-order valence-electron chi connectivity index (χ1n) is 4.31. The van der Waals surface area contributed by atoms with Crippen LogP contribution in [0.25, 0.3) is 10.9 Å². The van der Waals surface area contributed by atoms with Gasteiger partial charge in [0.15, 0.2) is 0 Å². The Morgan fingerprint density at radius 1 is 1.12 bits per heavy atom. The molecule has 2 nitrogen and oxygen atoms in total. The number of halogens is 4. The molecule has 0 spiro atoms. The summed E-state index contributed by atoms with van der Waals surface area (Å²) in [4.78, 5) is 3.38. The molecule has 0 aliphatic rings. The van der Waals surface area contributed by atoms with Gasteiger partial charge < -0.3 is 5.73 Å². The SMILES string of the molecule is Nc1cc(C(F)(F)F)nc2ccc(F)cc12. The lowest BCUT2D eigenvalue weighted by Crippen LogP contribution is -2.09. The van der Waals surface area contributed by atoms with E-state index in [-0.39, 0.29) is 16.6 Å². The molecule has 1 heterocycles. The predicted octanol–water partition coefficient (Wildman–Crippen LogP) is 2.97. The lowest BCUT2D eigenvalue weighted by atomic mass is 10.1. The molecule has 1 aromatic carbocycles. The predicted molar refractivity (Wildman–Crippen MR) is 51.1 cm³/mol. The molecule has 2 N–H and O–H groups in total. The number of hydrogen-bond donors (Lipinski definition) is 1. The minimum Gasteiger partial charge on any atom is -0.398 e. The average molecular weight is 230 g/mol. The maximum Gasteiger partial charge on any atom is 0.433 e. The zero-order valence-corrected chi connectivity index (χ0v) is 7.85. The van der Waals surface area contributed by atoms with Gasteiger partial charge in [0.25, 0.3) is 0 Å². The van der Waals surface area contributed by atoms with Gasteiger partial charge in [-0.1, -0.05) is 0 Å². The Balaban J connectivity index is 2.74. The Morgan fingerprint density at radius 3 is 2.44 bits per heavy atom. The van der Waals surface area contributed by atoms with E-state index in [1.54, 1.807) is 0 Å². The van der Waals surface area contributed by atoms with Crippen molar-refractivity contribution in [3.63, 3.8) is 0 Å². The average Bonchev–Trinajstić information content (AvgIpc) is 2.17. The van der Waals surface area contributed by atoms with Crippen molar-refractivity contribution < 1.29 is 17.6 Å². The number of nitrogen functional groups attached to an aromatic ring is 1. The molecule has 0 radical (unpaired) electrons. The fourth-order valence-electron chi connectivity index (χ4n) is 1.37. The summed E-state index contributed by atoms with van der Waals surface area (Å²) >= 11 is 0. The number of nitrogens with two attached hydrogens (primary N) is 1. The van der Waals surface area contributed by atoms with E-state index in [1.807, 2.05) is 0 Å². The molecule has 0 saturated heterocycles. The van der Waals surface area contributed by atoms with Gasteiger partial charge in [0, 0.05) is 11.1 Å². The van der Waals surface area contributed by atoms with Gasteiger partial charge in [-0.25, -0.2) is 9.37 Å². The van der Waals surface area contributed by atoms with Gasteiger partial charge in [0.1, 0.15) is 11.5 Å². The maximum absolute atomic E-state index is 12.8. The second-order valence-electron chi connectivity index (χ2n) is 3.26. The smallest absolute Gasteiger partial charge is 0.398 e. The van der Waals surface area contributed by atoms with Gasteiger partial charge >= 0.3 is 6.18 Å². The summed E-state index contributed by atoms with van der Waals surface area (Å²) in [5.74, 6) is -0.569. The van der Waals surface area contributed by atoms with Crippen LogP contribution in [0, 0.1) is 5.82 Å². The number of fused-ring (bicyclic) bond motifs is 1. The highest BCUT2D eigenvalue weighted by Crippen LogP contribution is 2.31. The summed E-state index contributed by atoms with van der Waals surface area (Å²) in [5.41, 5.74) is 4.22. The molecule has 0 unspecified atom stereocenters. The molecule has 0 bridgehead atoms. The van der Waals surface area contributed by atoms with E-state index in [0.29, 0.717) is 6.07 Å². The largest absolute Gasteiger partial charge is 0.433 e. The monoisotopic (exact) mass is 230 g/mol. The molecule has 2 rings (SSSR count). The van der Waals surface area contributed by atoms with Crippen LogP contribution in [-0.2, 0) is 6.18 Å². The van der Waals surface area contributed by atoms with Crippen molar-refractivity contribution in [2.24, 2.45) is 0 Å². The van der Waals surface area contributed by atoms with Crippen LogP contribution in [0.2, 0.25) is 0 Å². The van der Waals surface area contributed by atoms with Crippen LogP contribution in [0.15, 0.2) is 24.3 Å². The first kappa shape index (κ1) is 10.7. The maximum atomic E-state index is 12.8. The number of nitrogens with zero attached hydrogens (tertiary/aromatic N) is 1. The summed E-state index contributed by atoms with van der Waals surface area (Å²) in [5, 5.41) is 0.174. The molecule has 0 saturated carbocycles. The third kappa shape index (κ3) is 1.78. The highest BCUT2D eigenvalue weighted by Gasteiger charge is 2.33. The Labute approximate surface area is 87.7 Å². The molecular weight excluding hydrogens is 224 g/mol. The van der Waals surface area contributed by atoms with Crippen molar-refractivity contribution in [3.05, 3.63) is 35.8 Å². The van der Waals surface area contributed by atoms with Crippen LogP contribution < -0.4 is 5.73 Å². The van der Waals surface area contributed by atoms with Gasteiger partial charge in [-0.2, -0.15) is 13.2 Å². The van der Waals surface area contributed by atoms with Gasteiger partial charge in [0.2, 0.25) is 0 Å². The van der Waals surface area contributed by atoms with Crippen molar-refractivity contribution in [2.75, 3.05) is 5.73 Å². The van der Waals surface area contributed by atoms with Crippen LogP contribution >= 0.6 is 0 Å². The van der Waals surface area contributed by atoms with Crippen LogP contribution in [-0.4, -0.2) is 4.98 Å². The van der Waals surface area contributed by atoms with Gasteiger partial charge in [0.05, 0.1) is 5.52 Å². The molecule has 16 heavy (non-hydrogen) atoms. The van der Waals surface area contributed by atoms with Crippen LogP contribution in [0.3, 0.4) is 0 Å². The minimum atomic E-state index is -4.56. The molecule has 0 amide bonds. The highest BCUT2D eigenvalue weighted by atomic mass is 19.4. The van der Waals surface area contributed by atoms with Crippen molar-refractivity contribution in [1.29, 1.82) is 0 Å². The van der Waals surface area contributed by atoms with Crippen LogP contribution in [0.4, 0.5) is 23.2 Å². The summed E-state index contributed by atoms with van der Waals surface area (Å²) < 4.78 is 50.0. The Bertz CT molecular complexity index is 548. The molecule has 0 atom stereocenters. The molecule has 84 valence electrons. The molecule has 6 heteroatoms. The van der Waals surface area contributed by atoms with Crippen molar-refractivity contribution in [1.82, 2.24) is 4.98 Å².